The highest BCUT2D eigenvalue weighted by atomic mass is 32.1. The fourth-order valence-corrected chi connectivity index (χ4v) is 3.03. The van der Waals surface area contributed by atoms with E-state index in [9.17, 15) is 9.50 Å². The summed E-state index contributed by atoms with van der Waals surface area (Å²) in [5, 5.41) is 15.5. The smallest absolute Gasteiger partial charge is 0.123 e. The minimum absolute atomic E-state index is 0.202. The Morgan fingerprint density at radius 2 is 1.90 bits per heavy atom. The molecule has 0 aliphatic rings. The van der Waals surface area contributed by atoms with Crippen LogP contribution in [0.5, 0.6) is 0 Å². The number of hydrogen-bond acceptors (Lipinski definition) is 3. The van der Waals surface area contributed by atoms with Crippen molar-refractivity contribution in [1.82, 2.24) is 5.32 Å². The van der Waals surface area contributed by atoms with Gasteiger partial charge in [-0.3, -0.25) is 0 Å². The third kappa shape index (κ3) is 4.92. The second-order valence-electron chi connectivity index (χ2n) is 5.53. The van der Waals surface area contributed by atoms with E-state index in [1.165, 1.54) is 12.1 Å². The van der Waals surface area contributed by atoms with Crippen LogP contribution in [0.15, 0.2) is 41.8 Å². The second-order valence-corrected chi connectivity index (χ2v) is 6.51. The van der Waals surface area contributed by atoms with Crippen LogP contribution in [0.2, 0.25) is 0 Å². The SMILES string of the molecule is CC(CC(O)c1cccs1)NCC(C)c1ccc(F)cc1. The maximum Gasteiger partial charge on any atom is 0.123 e. The van der Waals surface area contributed by atoms with Crippen LogP contribution in [0.4, 0.5) is 4.39 Å². The predicted octanol–water partition coefficient (Wildman–Crippen LogP) is 4.09. The molecule has 3 atom stereocenters. The van der Waals surface area contributed by atoms with E-state index in [0.717, 1.165) is 17.0 Å². The van der Waals surface area contributed by atoms with Crippen molar-refractivity contribution < 1.29 is 9.50 Å². The van der Waals surface area contributed by atoms with Crippen LogP contribution in [-0.2, 0) is 0 Å². The van der Waals surface area contributed by atoms with Crippen molar-refractivity contribution in [3.63, 3.8) is 0 Å². The Labute approximate surface area is 129 Å². The van der Waals surface area contributed by atoms with Gasteiger partial charge in [0.2, 0.25) is 0 Å². The molecule has 2 aromatic rings. The maximum absolute atomic E-state index is 12.9. The molecule has 0 saturated carbocycles. The first-order chi connectivity index (χ1) is 10.1. The summed E-state index contributed by atoms with van der Waals surface area (Å²) in [7, 11) is 0. The average molecular weight is 307 g/mol. The average Bonchev–Trinajstić information content (AvgIpc) is 3.00. The summed E-state index contributed by atoms with van der Waals surface area (Å²) < 4.78 is 12.9. The van der Waals surface area contributed by atoms with Crippen molar-refractivity contribution in [2.24, 2.45) is 0 Å². The number of thiophene rings is 1. The summed E-state index contributed by atoms with van der Waals surface area (Å²) in [6.45, 7) is 5.00. The number of nitrogens with one attached hydrogen (secondary N) is 1. The molecule has 2 rings (SSSR count). The zero-order chi connectivity index (χ0) is 15.2. The van der Waals surface area contributed by atoms with Crippen molar-refractivity contribution in [3.05, 3.63) is 58.0 Å². The van der Waals surface area contributed by atoms with E-state index in [1.807, 2.05) is 29.6 Å². The Bertz CT molecular complexity index is 526. The summed E-state index contributed by atoms with van der Waals surface area (Å²) in [4.78, 5) is 1.01. The molecule has 0 fully saturated rings. The Morgan fingerprint density at radius 3 is 2.52 bits per heavy atom. The van der Waals surface area contributed by atoms with E-state index >= 15 is 0 Å². The van der Waals surface area contributed by atoms with Gasteiger partial charge in [-0.1, -0.05) is 25.1 Å². The van der Waals surface area contributed by atoms with Crippen LogP contribution in [0, 0.1) is 5.82 Å². The van der Waals surface area contributed by atoms with Crippen molar-refractivity contribution in [3.8, 4) is 0 Å². The van der Waals surface area contributed by atoms with Crippen molar-refractivity contribution >= 4 is 11.3 Å². The zero-order valence-electron chi connectivity index (χ0n) is 12.4. The lowest BCUT2D eigenvalue weighted by atomic mass is 10.0. The van der Waals surface area contributed by atoms with Crippen LogP contribution < -0.4 is 5.32 Å². The second kappa shape index (κ2) is 7.69. The summed E-state index contributed by atoms with van der Waals surface area (Å²) in [6.07, 6.45) is 0.282. The molecule has 0 aliphatic carbocycles. The van der Waals surface area contributed by atoms with Crippen molar-refractivity contribution in [2.45, 2.75) is 38.3 Å². The highest BCUT2D eigenvalue weighted by Gasteiger charge is 2.14. The van der Waals surface area contributed by atoms with Gasteiger partial charge < -0.3 is 10.4 Å². The minimum Gasteiger partial charge on any atom is -0.388 e. The van der Waals surface area contributed by atoms with Crippen LogP contribution in [-0.4, -0.2) is 17.7 Å². The molecule has 4 heteroatoms. The molecular formula is C17H22FNOS. The molecule has 114 valence electrons. The van der Waals surface area contributed by atoms with Gasteiger partial charge in [-0.15, -0.1) is 11.3 Å². The summed E-state index contributed by atoms with van der Waals surface area (Å²) in [5.41, 5.74) is 1.12. The van der Waals surface area contributed by atoms with Crippen molar-refractivity contribution in [2.75, 3.05) is 6.54 Å². The molecule has 0 radical (unpaired) electrons. The summed E-state index contributed by atoms with van der Waals surface area (Å²) in [5.74, 6) is 0.110. The van der Waals surface area contributed by atoms with Gasteiger partial charge in [0, 0.05) is 17.5 Å². The van der Waals surface area contributed by atoms with E-state index in [1.54, 1.807) is 11.3 Å². The summed E-state index contributed by atoms with van der Waals surface area (Å²) >= 11 is 1.58. The third-order valence-electron chi connectivity index (χ3n) is 3.66. The van der Waals surface area contributed by atoms with E-state index in [4.69, 9.17) is 0 Å². The standard InChI is InChI=1S/C17H22FNOS/c1-12(14-5-7-15(18)8-6-14)11-19-13(2)10-16(20)17-4-3-9-21-17/h3-9,12-13,16,19-20H,10-11H2,1-2H3. The van der Waals surface area contributed by atoms with Gasteiger partial charge in [-0.05, 0) is 48.4 Å². The first kappa shape index (κ1) is 16.1. The van der Waals surface area contributed by atoms with Gasteiger partial charge in [0.15, 0.2) is 0 Å². The molecule has 21 heavy (non-hydrogen) atoms. The summed E-state index contributed by atoms with van der Waals surface area (Å²) in [6, 6.07) is 10.8. The Balaban J connectivity index is 1.78. The highest BCUT2D eigenvalue weighted by Crippen LogP contribution is 2.23. The van der Waals surface area contributed by atoms with Gasteiger partial charge in [-0.2, -0.15) is 0 Å². The van der Waals surface area contributed by atoms with Gasteiger partial charge in [0.1, 0.15) is 5.82 Å². The first-order valence-electron chi connectivity index (χ1n) is 7.26. The number of aliphatic hydroxyl groups excluding tert-OH is 1. The first-order valence-corrected chi connectivity index (χ1v) is 8.14. The quantitative estimate of drug-likeness (QED) is 0.807. The maximum atomic E-state index is 12.9. The van der Waals surface area contributed by atoms with E-state index in [-0.39, 0.29) is 11.9 Å². The molecule has 1 heterocycles. The molecule has 3 unspecified atom stereocenters. The lowest BCUT2D eigenvalue weighted by Gasteiger charge is -2.20. The third-order valence-corrected chi connectivity index (χ3v) is 4.63. The van der Waals surface area contributed by atoms with Crippen LogP contribution in [0.25, 0.3) is 0 Å². The highest BCUT2D eigenvalue weighted by molar-refractivity contribution is 7.10. The largest absolute Gasteiger partial charge is 0.388 e. The fourth-order valence-electron chi connectivity index (χ4n) is 2.30. The van der Waals surface area contributed by atoms with Crippen molar-refractivity contribution in [1.29, 1.82) is 0 Å². The molecule has 0 saturated heterocycles. The van der Waals surface area contributed by atoms with Gasteiger partial charge in [-0.25, -0.2) is 4.39 Å². The molecule has 1 aromatic heterocycles. The monoisotopic (exact) mass is 307 g/mol. The van der Waals surface area contributed by atoms with Gasteiger partial charge in [0.05, 0.1) is 6.10 Å². The van der Waals surface area contributed by atoms with Crippen LogP contribution in [0.1, 0.15) is 42.7 Å². The Hall–Kier alpha value is -1.23. The molecule has 0 bridgehead atoms. The molecule has 1 aromatic carbocycles. The Kier molecular flexibility index (Phi) is 5.91. The number of hydrogen-bond donors (Lipinski definition) is 2. The molecule has 0 aliphatic heterocycles. The minimum atomic E-state index is -0.409. The predicted molar refractivity (Wildman–Crippen MR) is 86.2 cm³/mol. The normalized spacial score (nSPS) is 15.6. The van der Waals surface area contributed by atoms with Crippen LogP contribution in [0.3, 0.4) is 0 Å². The van der Waals surface area contributed by atoms with Gasteiger partial charge in [0.25, 0.3) is 0 Å². The van der Waals surface area contributed by atoms with Crippen LogP contribution >= 0.6 is 11.3 Å². The Morgan fingerprint density at radius 1 is 1.19 bits per heavy atom. The van der Waals surface area contributed by atoms with Gasteiger partial charge >= 0.3 is 0 Å². The lowest BCUT2D eigenvalue weighted by Crippen LogP contribution is -2.31. The van der Waals surface area contributed by atoms with E-state index < -0.39 is 6.10 Å². The fraction of sp³-hybridized carbons (Fsp3) is 0.412. The number of rotatable bonds is 7. The molecular weight excluding hydrogens is 285 g/mol. The molecule has 2 nitrogen and oxygen atoms in total. The topological polar surface area (TPSA) is 32.3 Å². The molecule has 2 N–H and O–H groups in total. The lowest BCUT2D eigenvalue weighted by molar-refractivity contribution is 0.157. The number of aliphatic hydroxyl groups is 1. The number of halogens is 1. The molecule has 0 amide bonds. The number of benzene rings is 1. The van der Waals surface area contributed by atoms with E-state index in [0.29, 0.717) is 12.3 Å². The van der Waals surface area contributed by atoms with E-state index in [2.05, 4.69) is 19.2 Å². The molecule has 0 spiro atoms. The zero-order valence-corrected chi connectivity index (χ0v) is 13.2.